The molecule has 117 heavy (non-hydrogen) atoms. The fourth-order valence-electron chi connectivity index (χ4n) is 10.6. The number of aliphatic hydroxyl groups excluding tert-OH is 5. The molecule has 0 amide bonds. The fourth-order valence-corrected chi connectivity index (χ4v) is 15.5. The van der Waals surface area contributed by atoms with Gasteiger partial charge in [-0.15, -0.1) is 0 Å². The summed E-state index contributed by atoms with van der Waals surface area (Å²) in [5, 5.41) is 64.3. The van der Waals surface area contributed by atoms with E-state index in [2.05, 4.69) is 123 Å². The summed E-state index contributed by atoms with van der Waals surface area (Å²) in [6, 6.07) is 51.1. The molecule has 8 aromatic carbocycles. The zero-order valence-electron chi connectivity index (χ0n) is 71.9. The van der Waals surface area contributed by atoms with E-state index < -0.39 is 23.3 Å². The van der Waals surface area contributed by atoms with Gasteiger partial charge in [0.15, 0.2) is 0 Å². The first kappa shape index (κ1) is 107. The van der Waals surface area contributed by atoms with Crippen LogP contribution in [0, 0.1) is 7.14 Å². The summed E-state index contributed by atoms with van der Waals surface area (Å²) in [4.78, 5) is 0. The Morgan fingerprint density at radius 3 is 1.03 bits per heavy atom. The van der Waals surface area contributed by atoms with Crippen molar-refractivity contribution in [1.82, 2.24) is 0 Å². The molecule has 0 bridgehead atoms. The molecule has 31 heteroatoms. The number of benzene rings is 8. The first-order chi connectivity index (χ1) is 55.1. The molecule has 2 saturated heterocycles. The molecule has 22 nitrogen and oxygen atoms in total. The van der Waals surface area contributed by atoms with Gasteiger partial charge in [0.25, 0.3) is 0 Å². The quantitative estimate of drug-likeness (QED) is 0.00724. The molecule has 0 atom stereocenters. The number of halogens is 3. The average molecular weight is 1950 g/mol. The molecule has 2 fully saturated rings. The van der Waals surface area contributed by atoms with E-state index >= 15 is 0 Å². The van der Waals surface area contributed by atoms with Gasteiger partial charge in [-0.3, -0.25) is 4.57 Å². The number of hydrogen-bond donors (Lipinski definition) is 7. The number of ether oxygens (including phenoxy) is 5. The van der Waals surface area contributed by atoms with E-state index in [1.54, 1.807) is 97.9 Å². The van der Waals surface area contributed by atoms with E-state index in [1.165, 1.54) is 7.14 Å². The van der Waals surface area contributed by atoms with Crippen LogP contribution in [0.2, 0.25) is 0 Å². The molecule has 634 valence electrons. The van der Waals surface area contributed by atoms with Crippen molar-refractivity contribution in [1.29, 1.82) is 0 Å². The van der Waals surface area contributed by atoms with Crippen molar-refractivity contribution in [3.8, 4) is 28.7 Å². The van der Waals surface area contributed by atoms with Crippen LogP contribution in [-0.2, 0) is 90.3 Å². The molecule has 0 spiro atoms. The van der Waals surface area contributed by atoms with Crippen molar-refractivity contribution in [3.05, 3.63) is 232 Å². The predicted octanol–water partition coefficient (Wildman–Crippen LogP) is 13.6. The SMILES string of the molecule is CCOP(=O)(Cc1cc(CO)cc(OC)c1)OCC.CCOP(OCC)OCC.COc1cc(/C=C/c2ccc(B(O)O)cc2)cc(CO)c1.COc1cc(/C=C/c2ccc(B3OC(C)(C)C(C)(C)O3)cc2)cc(CO)c1.COc1cc(CO)cc(CBr)c1.COc1ccc(B2OC(C)(C)C(C)(C)O2)cc1.OCc1cc(I)cc(I)c1.[H-].[Na+]. The normalized spacial score (nSPS) is 14.0. The van der Waals surface area contributed by atoms with Crippen LogP contribution in [0.25, 0.3) is 24.3 Å². The summed E-state index contributed by atoms with van der Waals surface area (Å²) < 4.78 is 90.6. The maximum atomic E-state index is 12.4. The van der Waals surface area contributed by atoms with Crippen molar-refractivity contribution in [2.75, 3.05) is 68.6 Å². The van der Waals surface area contributed by atoms with Crippen LogP contribution in [0.4, 0.5) is 0 Å². The molecule has 7 N–H and O–H groups in total. The Labute approximate surface area is 755 Å². The topological polar surface area (TPSA) is 288 Å². The monoisotopic (exact) mass is 1950 g/mol. The minimum Gasteiger partial charge on any atom is -1.00 e. The van der Waals surface area contributed by atoms with Crippen molar-refractivity contribution in [2.24, 2.45) is 0 Å². The number of aliphatic hydroxyl groups is 5. The van der Waals surface area contributed by atoms with Gasteiger partial charge < -0.3 is 102 Å². The second-order valence-electron chi connectivity index (χ2n) is 27.7. The van der Waals surface area contributed by atoms with Crippen LogP contribution in [0.1, 0.15) is 153 Å². The van der Waals surface area contributed by atoms with Gasteiger partial charge in [0, 0.05) is 12.5 Å². The zero-order chi connectivity index (χ0) is 86.2. The van der Waals surface area contributed by atoms with Gasteiger partial charge in [0.1, 0.15) is 28.7 Å². The molecule has 8 aromatic rings. The molecule has 0 aliphatic carbocycles. The van der Waals surface area contributed by atoms with Crippen molar-refractivity contribution >= 4 is 139 Å². The summed E-state index contributed by atoms with van der Waals surface area (Å²) in [5.74, 6) is 3.67. The Morgan fingerprint density at radius 1 is 0.410 bits per heavy atom. The van der Waals surface area contributed by atoms with Crippen LogP contribution < -0.4 is 69.6 Å². The third-order valence-electron chi connectivity index (χ3n) is 18.0. The van der Waals surface area contributed by atoms with Gasteiger partial charge >= 0.3 is 67.1 Å². The first-order valence-corrected chi connectivity index (χ1v) is 43.8. The molecule has 2 aliphatic rings. The van der Waals surface area contributed by atoms with Crippen LogP contribution in [-0.4, -0.2) is 148 Å². The average Bonchev–Trinajstić information content (AvgIpc) is 1.63. The Morgan fingerprint density at radius 2 is 0.709 bits per heavy atom. The molecule has 0 aromatic heterocycles. The second kappa shape index (κ2) is 54.8. The van der Waals surface area contributed by atoms with Crippen molar-refractivity contribution < 1.29 is 136 Å². The van der Waals surface area contributed by atoms with E-state index in [-0.39, 0.29) is 107 Å². The van der Waals surface area contributed by atoms with E-state index in [1.807, 2.05) is 154 Å². The summed E-state index contributed by atoms with van der Waals surface area (Å²) in [6.07, 6.45) is 8.02. The zero-order valence-corrected chi connectivity index (χ0v) is 80.6. The summed E-state index contributed by atoms with van der Waals surface area (Å²) in [7, 11) is 1.73. The first-order valence-electron chi connectivity index (χ1n) is 37.7. The third-order valence-corrected chi connectivity index (χ3v) is 23.3. The summed E-state index contributed by atoms with van der Waals surface area (Å²) in [6.45, 7) is 28.4. The second-order valence-corrected chi connectivity index (χ2v) is 34.0. The largest absolute Gasteiger partial charge is 1.00 e. The van der Waals surface area contributed by atoms with E-state index in [0.29, 0.717) is 55.6 Å². The van der Waals surface area contributed by atoms with Gasteiger partial charge in [-0.1, -0.05) is 113 Å². The molecule has 10 rings (SSSR count). The van der Waals surface area contributed by atoms with Crippen LogP contribution >= 0.6 is 77.3 Å². The van der Waals surface area contributed by atoms with E-state index in [0.717, 1.165) is 89.1 Å². The standard InChI is InChI=1S/C22H27BO4.C16H17BO4.C13H19BO3.C13H21O5P.C9H11BrO2.C7H6I2O.C6H15O3P.Na.H/c1-21(2)22(3,4)27-23(26-21)19-10-8-16(9-11-19)6-7-17-12-18(15-24)14-20(13-17)25-5;1-21-16-9-13(8-14(10-16)11-18)3-2-12-4-6-15(7-5-12)17(19)20;1-12(2)13(3,4)17-14(16-12)10-6-8-11(15-5)9-7-10;1-4-17-19(15,18-5-2)10-12-6-11(9-14)7-13(8-12)16-3;1-12-9-3-7(5-10)2-8(4-9)6-11;8-6-1-5(4-10)2-7(9)3-6;1-4-7-10(8-5-2)9-6-3;;/h6-14,24H,15H2,1-5H3;2-10,18-20H,11H2,1H3;6-9H,1-5H3;6-8,14H,4-5,9-10H2,1-3H3;2-4,11H,5-6H2,1H3;1-3,10H,4H2;4-6H2,1-3H3;;/q;;;;;;;+1;-1/b7-6+;3-2+;;;;;;;. The van der Waals surface area contributed by atoms with Crippen LogP contribution in [0.5, 0.6) is 28.7 Å². The smallest absolute Gasteiger partial charge is 1.00 e. The summed E-state index contributed by atoms with van der Waals surface area (Å²) >= 11 is 7.82. The summed E-state index contributed by atoms with van der Waals surface area (Å²) in [5.41, 5.74) is 11.2. The van der Waals surface area contributed by atoms with Crippen molar-refractivity contribution in [2.45, 2.75) is 157 Å². The number of hydrogen-bond acceptors (Lipinski definition) is 22. The van der Waals surface area contributed by atoms with Gasteiger partial charge in [-0.2, -0.15) is 0 Å². The third kappa shape index (κ3) is 37.2. The molecule has 0 unspecified atom stereocenters. The molecule has 0 radical (unpaired) electrons. The maximum Gasteiger partial charge on any atom is 1.00 e. The van der Waals surface area contributed by atoms with Crippen molar-refractivity contribution in [3.63, 3.8) is 0 Å². The Balaban J connectivity index is 0.000000478. The Bertz CT molecular complexity index is 4110. The molecule has 0 saturated carbocycles. The van der Waals surface area contributed by atoms with Gasteiger partial charge in [0.05, 0.1) is 130 Å². The molecule has 2 heterocycles. The maximum absolute atomic E-state index is 12.4. The van der Waals surface area contributed by atoms with Crippen LogP contribution in [0.15, 0.2) is 164 Å². The molecular formula is C86H117B3BrI2NaO22P2. The van der Waals surface area contributed by atoms with Gasteiger partial charge in [-0.25, -0.2) is 0 Å². The Hall–Kier alpha value is -4.61. The molecular weight excluding hydrogens is 1840 g/mol. The predicted molar refractivity (Wildman–Crippen MR) is 489 cm³/mol. The van der Waals surface area contributed by atoms with E-state index in [9.17, 15) is 19.9 Å². The van der Waals surface area contributed by atoms with Gasteiger partial charge in [-0.05, 0) is 304 Å². The number of alkyl halides is 1. The van der Waals surface area contributed by atoms with E-state index in [4.69, 9.17) is 85.2 Å². The number of methoxy groups -OCH3 is 5. The minimum atomic E-state index is -3.14. The van der Waals surface area contributed by atoms with Crippen LogP contribution in [0.3, 0.4) is 0 Å². The number of rotatable bonds is 30. The Kier molecular flexibility index (Phi) is 49.9. The fraction of sp³-hybridized carbons (Fsp3) is 0.395. The molecule has 2 aliphatic heterocycles. The van der Waals surface area contributed by atoms with Gasteiger partial charge in [0.2, 0.25) is 0 Å². The minimum absolute atomic E-state index is 0.